The number of ether oxygens (including phenoxy) is 1. The highest BCUT2D eigenvalue weighted by Gasteiger charge is 2.21. The Balaban J connectivity index is 2.18. The molecule has 0 spiro atoms. The number of halogens is 1. The first kappa shape index (κ1) is 18.1. The van der Waals surface area contributed by atoms with E-state index in [1.165, 1.54) is 6.07 Å². The van der Waals surface area contributed by atoms with Crippen LogP contribution >= 0.6 is 15.9 Å². The molecule has 8 heteroatoms. The van der Waals surface area contributed by atoms with E-state index in [9.17, 15) is 13.0 Å². The number of aromatic nitrogens is 2. The van der Waals surface area contributed by atoms with Gasteiger partial charge in [0.05, 0.1) is 4.90 Å². The summed E-state index contributed by atoms with van der Waals surface area (Å²) < 4.78 is 42.7. The predicted octanol–water partition coefficient (Wildman–Crippen LogP) is 2.63. The van der Waals surface area contributed by atoms with E-state index in [1.807, 2.05) is 23.6 Å². The number of benzene rings is 2. The molecule has 0 aliphatic carbocycles. The summed E-state index contributed by atoms with van der Waals surface area (Å²) in [7, 11) is -2.91. The van der Waals surface area contributed by atoms with Crippen molar-refractivity contribution in [3.63, 3.8) is 0 Å². The van der Waals surface area contributed by atoms with Crippen molar-refractivity contribution in [2.45, 2.75) is 25.0 Å². The summed E-state index contributed by atoms with van der Waals surface area (Å²) in [4.78, 5) is 3.14. The van der Waals surface area contributed by atoms with E-state index in [4.69, 9.17) is 4.74 Å². The second-order valence-electron chi connectivity index (χ2n) is 5.71. The molecule has 0 amide bonds. The topological polar surface area (TPSA) is 86.1 Å². The Hall–Kier alpha value is -1.74. The van der Waals surface area contributed by atoms with Crippen LogP contribution in [0.2, 0.25) is 0 Å². The fourth-order valence-electron chi connectivity index (χ4n) is 2.96. The van der Waals surface area contributed by atoms with Gasteiger partial charge >= 0.3 is 0 Å². The van der Waals surface area contributed by atoms with Gasteiger partial charge in [-0.3, -0.25) is 0 Å². The summed E-state index contributed by atoms with van der Waals surface area (Å²) >= 11 is 3.53. The second kappa shape index (κ2) is 6.87. The maximum absolute atomic E-state index is 11.5. The van der Waals surface area contributed by atoms with Crippen LogP contribution in [0.5, 0.6) is 0 Å². The predicted molar refractivity (Wildman–Crippen MR) is 95.2 cm³/mol. The normalized spacial score (nSPS) is 12.0. The summed E-state index contributed by atoms with van der Waals surface area (Å²) in [5, 5.41) is 0. The molecule has 0 atom stereocenters. The van der Waals surface area contributed by atoms with Crippen molar-refractivity contribution in [1.29, 1.82) is 0 Å². The van der Waals surface area contributed by atoms with E-state index in [0.29, 0.717) is 18.7 Å². The zero-order valence-corrected chi connectivity index (χ0v) is 16.1. The molecule has 0 saturated carbocycles. The number of nitrogens with zero attached hydrogens (tertiary/aromatic N) is 1. The highest BCUT2D eigenvalue weighted by molar-refractivity contribution is 9.10. The van der Waals surface area contributed by atoms with E-state index in [1.54, 1.807) is 25.3 Å². The van der Waals surface area contributed by atoms with Crippen molar-refractivity contribution >= 4 is 37.1 Å². The molecular formula is C17H17BrN2O4S. The molecule has 0 fully saturated rings. The molecule has 0 bridgehead atoms. The van der Waals surface area contributed by atoms with Gasteiger partial charge in [0.2, 0.25) is 0 Å². The van der Waals surface area contributed by atoms with Gasteiger partial charge in [-0.2, -0.15) is 0 Å². The van der Waals surface area contributed by atoms with Crippen molar-refractivity contribution < 1.29 is 22.3 Å². The van der Waals surface area contributed by atoms with Crippen LogP contribution in [0.3, 0.4) is 0 Å². The lowest BCUT2D eigenvalue weighted by atomic mass is 10.0. The Labute approximate surface area is 154 Å². The van der Waals surface area contributed by atoms with E-state index in [-0.39, 0.29) is 4.90 Å². The fraction of sp³-hybridized carbons (Fsp3) is 0.235. The molecule has 3 aromatic rings. The number of fused-ring (bicyclic) bond motifs is 1. The van der Waals surface area contributed by atoms with Crippen molar-refractivity contribution in [2.75, 3.05) is 7.11 Å². The molecule has 0 aliphatic rings. The van der Waals surface area contributed by atoms with Crippen molar-refractivity contribution in [3.05, 3.63) is 57.8 Å². The van der Waals surface area contributed by atoms with Gasteiger partial charge in [-0.15, -0.1) is 0 Å². The first-order valence-electron chi connectivity index (χ1n) is 7.55. The highest BCUT2D eigenvalue weighted by atomic mass is 79.9. The number of aromatic amines is 1. The smallest absolute Gasteiger partial charge is 0.253 e. The maximum Gasteiger partial charge on any atom is 0.253 e. The van der Waals surface area contributed by atoms with Crippen molar-refractivity contribution in [3.8, 4) is 0 Å². The number of aryl methyl sites for hydroxylation is 1. The van der Waals surface area contributed by atoms with Crippen LogP contribution < -0.4 is 4.57 Å². The van der Waals surface area contributed by atoms with Crippen LogP contribution in [0.1, 0.15) is 17.0 Å². The van der Waals surface area contributed by atoms with Crippen LogP contribution in [0.25, 0.3) is 11.0 Å². The fourth-order valence-corrected chi connectivity index (χ4v) is 4.13. The summed E-state index contributed by atoms with van der Waals surface area (Å²) in [6, 6.07) is 10.2. The number of hydrogen-bond donors (Lipinski definition) is 1. The Kier molecular flexibility index (Phi) is 4.97. The van der Waals surface area contributed by atoms with Gasteiger partial charge in [0, 0.05) is 30.5 Å². The van der Waals surface area contributed by atoms with E-state index >= 15 is 0 Å². The van der Waals surface area contributed by atoms with Gasteiger partial charge in [-0.25, -0.2) is 18.0 Å². The molecule has 25 heavy (non-hydrogen) atoms. The average Bonchev–Trinajstić information content (AvgIpc) is 2.86. The molecule has 1 heterocycles. The minimum Gasteiger partial charge on any atom is -0.744 e. The number of nitrogens with one attached hydrogen (secondary N) is 1. The minimum absolute atomic E-state index is 0.188. The van der Waals surface area contributed by atoms with Gasteiger partial charge in [-0.1, -0.05) is 34.1 Å². The molecule has 6 nitrogen and oxygen atoms in total. The average molecular weight is 425 g/mol. The quantitative estimate of drug-likeness (QED) is 0.503. The summed E-state index contributed by atoms with van der Waals surface area (Å²) in [5.74, 6) is 0.918. The highest BCUT2D eigenvalue weighted by Crippen LogP contribution is 2.29. The maximum atomic E-state index is 11.5. The lowest BCUT2D eigenvalue weighted by molar-refractivity contribution is -0.712. The third-order valence-corrected chi connectivity index (χ3v) is 5.78. The van der Waals surface area contributed by atoms with Crippen molar-refractivity contribution in [1.82, 2.24) is 4.98 Å². The van der Waals surface area contributed by atoms with Crippen LogP contribution in [-0.4, -0.2) is 25.1 Å². The van der Waals surface area contributed by atoms with E-state index < -0.39 is 10.1 Å². The number of rotatable bonds is 5. The van der Waals surface area contributed by atoms with E-state index in [0.717, 1.165) is 26.9 Å². The SMILES string of the molecule is COC[n+]1c(C)[nH]c2c(Cc3ccccc3S(=O)(=O)[O-])c(Br)ccc21. The number of H-pyrrole nitrogens is 1. The zero-order valence-electron chi connectivity index (χ0n) is 13.7. The molecule has 0 saturated heterocycles. The summed E-state index contributed by atoms with van der Waals surface area (Å²) in [6.45, 7) is 2.34. The minimum atomic E-state index is -4.53. The third kappa shape index (κ3) is 3.48. The standard InChI is InChI=1S/C17H17BrN2O4S/c1-11-19-17-13(14(18)7-8-15(17)20(11)10-24-2)9-12-5-3-4-6-16(12)25(21,22)23/h3-8H,9-10H2,1-2H3,(H,21,22,23). The number of methoxy groups -OCH3 is 1. The molecule has 0 unspecified atom stereocenters. The first-order chi connectivity index (χ1) is 11.8. The van der Waals surface area contributed by atoms with Crippen LogP contribution in [0, 0.1) is 6.92 Å². The van der Waals surface area contributed by atoms with E-state index in [2.05, 4.69) is 20.9 Å². The van der Waals surface area contributed by atoms with Gasteiger partial charge in [-0.05, 0) is 23.8 Å². The molecule has 0 aliphatic heterocycles. The lowest BCUT2D eigenvalue weighted by Gasteiger charge is -2.13. The summed E-state index contributed by atoms with van der Waals surface area (Å²) in [6.07, 6.45) is 0.308. The van der Waals surface area contributed by atoms with Gasteiger partial charge in [0.25, 0.3) is 5.82 Å². The summed E-state index contributed by atoms with van der Waals surface area (Å²) in [5.41, 5.74) is 3.17. The van der Waals surface area contributed by atoms with Gasteiger partial charge in [0.1, 0.15) is 10.1 Å². The van der Waals surface area contributed by atoms with Crippen LogP contribution in [-0.2, 0) is 28.0 Å². The second-order valence-corrected chi connectivity index (χ2v) is 7.92. The molecule has 1 aromatic heterocycles. The Morgan fingerprint density at radius 2 is 1.96 bits per heavy atom. The largest absolute Gasteiger partial charge is 0.744 e. The molecule has 2 aromatic carbocycles. The Bertz CT molecular complexity index is 1040. The number of imidazole rings is 1. The molecule has 1 N–H and O–H groups in total. The molecule has 132 valence electrons. The zero-order chi connectivity index (χ0) is 18.2. The number of hydrogen-bond acceptors (Lipinski definition) is 4. The molecule has 0 radical (unpaired) electrons. The first-order valence-corrected chi connectivity index (χ1v) is 9.75. The lowest BCUT2D eigenvalue weighted by Crippen LogP contribution is -2.36. The van der Waals surface area contributed by atoms with Crippen LogP contribution in [0.4, 0.5) is 0 Å². The molecule has 3 rings (SSSR count). The molecular weight excluding hydrogens is 408 g/mol. The monoisotopic (exact) mass is 424 g/mol. The van der Waals surface area contributed by atoms with Gasteiger partial charge in [0.15, 0.2) is 17.8 Å². The third-order valence-electron chi connectivity index (χ3n) is 4.10. The Morgan fingerprint density at radius 3 is 2.64 bits per heavy atom. The van der Waals surface area contributed by atoms with Gasteiger partial charge < -0.3 is 9.29 Å². The van der Waals surface area contributed by atoms with Crippen molar-refractivity contribution in [2.24, 2.45) is 0 Å². The van der Waals surface area contributed by atoms with Crippen LogP contribution in [0.15, 0.2) is 45.8 Å². The Morgan fingerprint density at radius 1 is 1.24 bits per heavy atom.